The number of hydrogen-bond acceptors (Lipinski definition) is 3. The zero-order chi connectivity index (χ0) is 15.5. The van der Waals surface area contributed by atoms with Crippen LogP contribution in [0.25, 0.3) is 11.1 Å². The Kier molecular flexibility index (Phi) is 4.23. The third kappa shape index (κ3) is 2.76. The van der Waals surface area contributed by atoms with E-state index in [4.69, 9.17) is 9.72 Å². The number of pyridine rings is 1. The van der Waals surface area contributed by atoms with E-state index in [0.717, 1.165) is 24.1 Å². The monoisotopic (exact) mass is 295 g/mol. The number of rotatable bonds is 3. The molecule has 0 bridgehead atoms. The van der Waals surface area contributed by atoms with Gasteiger partial charge in [-0.3, -0.25) is 9.78 Å². The number of hydrogen-bond donors (Lipinski definition) is 0. The summed E-state index contributed by atoms with van der Waals surface area (Å²) in [6.45, 7) is 2.00. The first kappa shape index (κ1) is 14.8. The molecule has 0 aliphatic heterocycles. The second-order valence-electron chi connectivity index (χ2n) is 5.80. The summed E-state index contributed by atoms with van der Waals surface area (Å²) in [6, 6.07) is 10.3. The first-order valence-corrected chi connectivity index (χ1v) is 7.84. The highest BCUT2D eigenvalue weighted by Gasteiger charge is 2.22. The molecule has 1 aliphatic rings. The van der Waals surface area contributed by atoms with Crippen molar-refractivity contribution in [1.29, 1.82) is 0 Å². The van der Waals surface area contributed by atoms with E-state index < -0.39 is 0 Å². The van der Waals surface area contributed by atoms with Crippen molar-refractivity contribution in [3.05, 3.63) is 52.8 Å². The Labute approximate surface area is 131 Å². The molecule has 1 aromatic heterocycles. The first-order chi connectivity index (χ1) is 10.7. The van der Waals surface area contributed by atoms with Gasteiger partial charge in [-0.25, -0.2) is 0 Å². The van der Waals surface area contributed by atoms with Crippen LogP contribution in [0.2, 0.25) is 0 Å². The van der Waals surface area contributed by atoms with Crippen LogP contribution in [0.5, 0.6) is 0 Å². The van der Waals surface area contributed by atoms with E-state index >= 15 is 0 Å². The summed E-state index contributed by atoms with van der Waals surface area (Å²) in [4.78, 5) is 16.6. The van der Waals surface area contributed by atoms with E-state index in [0.29, 0.717) is 0 Å². The number of nitrogens with zero attached hydrogens (tertiary/aromatic N) is 1. The number of benzene rings is 1. The summed E-state index contributed by atoms with van der Waals surface area (Å²) in [5.74, 6) is -0.210. The second-order valence-corrected chi connectivity index (χ2v) is 5.80. The predicted octanol–water partition coefficient (Wildman–Crippen LogP) is 3.65. The lowest BCUT2D eigenvalue weighted by Gasteiger charge is -2.23. The van der Waals surface area contributed by atoms with Gasteiger partial charge in [0.25, 0.3) is 0 Å². The molecule has 3 nitrogen and oxygen atoms in total. The Morgan fingerprint density at radius 3 is 2.64 bits per heavy atom. The van der Waals surface area contributed by atoms with Gasteiger partial charge >= 0.3 is 5.97 Å². The topological polar surface area (TPSA) is 39.2 Å². The SMILES string of the molecule is COC(=O)Cc1c(C)nc2c(c1-c1ccccc1)CCCC2. The fourth-order valence-corrected chi connectivity index (χ4v) is 3.30. The van der Waals surface area contributed by atoms with Crippen LogP contribution in [-0.4, -0.2) is 18.1 Å². The summed E-state index contributed by atoms with van der Waals surface area (Å²) < 4.78 is 4.88. The zero-order valence-electron chi connectivity index (χ0n) is 13.2. The minimum atomic E-state index is -0.210. The largest absolute Gasteiger partial charge is 0.469 e. The highest BCUT2D eigenvalue weighted by molar-refractivity contribution is 5.80. The van der Waals surface area contributed by atoms with Crippen molar-refractivity contribution in [3.63, 3.8) is 0 Å². The van der Waals surface area contributed by atoms with Crippen LogP contribution in [0.15, 0.2) is 30.3 Å². The average molecular weight is 295 g/mol. The van der Waals surface area contributed by atoms with E-state index in [1.807, 2.05) is 25.1 Å². The van der Waals surface area contributed by atoms with Crippen LogP contribution in [0, 0.1) is 6.92 Å². The summed E-state index contributed by atoms with van der Waals surface area (Å²) in [6.07, 6.45) is 4.75. The van der Waals surface area contributed by atoms with E-state index in [1.165, 1.54) is 42.3 Å². The lowest BCUT2D eigenvalue weighted by atomic mass is 9.85. The Balaban J connectivity index is 2.22. The molecule has 0 amide bonds. The number of carbonyl (C=O) groups excluding carboxylic acids is 1. The van der Waals surface area contributed by atoms with Crippen LogP contribution in [0.1, 0.15) is 35.4 Å². The van der Waals surface area contributed by atoms with Gasteiger partial charge in [-0.15, -0.1) is 0 Å². The maximum atomic E-state index is 11.8. The molecular weight excluding hydrogens is 274 g/mol. The number of fused-ring (bicyclic) bond motifs is 1. The van der Waals surface area contributed by atoms with E-state index in [-0.39, 0.29) is 12.4 Å². The molecule has 0 saturated heterocycles. The van der Waals surface area contributed by atoms with Gasteiger partial charge in [0.15, 0.2) is 0 Å². The summed E-state index contributed by atoms with van der Waals surface area (Å²) >= 11 is 0. The average Bonchev–Trinajstić information content (AvgIpc) is 2.56. The lowest BCUT2D eigenvalue weighted by Crippen LogP contribution is -2.15. The van der Waals surface area contributed by atoms with E-state index in [1.54, 1.807) is 0 Å². The minimum Gasteiger partial charge on any atom is -0.469 e. The molecule has 0 N–H and O–H groups in total. The molecule has 3 rings (SSSR count). The molecule has 3 heteroatoms. The van der Waals surface area contributed by atoms with Gasteiger partial charge in [0, 0.05) is 11.4 Å². The molecule has 0 unspecified atom stereocenters. The van der Waals surface area contributed by atoms with Crippen molar-refractivity contribution in [2.75, 3.05) is 7.11 Å². The molecule has 0 atom stereocenters. The Hall–Kier alpha value is -2.16. The molecule has 0 spiro atoms. The molecule has 1 heterocycles. The normalized spacial score (nSPS) is 13.5. The van der Waals surface area contributed by atoms with Crippen molar-refractivity contribution >= 4 is 5.97 Å². The molecule has 1 aromatic carbocycles. The molecule has 22 heavy (non-hydrogen) atoms. The number of aryl methyl sites for hydroxylation is 2. The zero-order valence-corrected chi connectivity index (χ0v) is 13.2. The van der Waals surface area contributed by atoms with Crippen molar-refractivity contribution in [1.82, 2.24) is 4.98 Å². The lowest BCUT2D eigenvalue weighted by molar-refractivity contribution is -0.139. The van der Waals surface area contributed by atoms with Crippen molar-refractivity contribution in [2.45, 2.75) is 39.0 Å². The van der Waals surface area contributed by atoms with Crippen LogP contribution >= 0.6 is 0 Å². The van der Waals surface area contributed by atoms with Crippen LogP contribution in [0.3, 0.4) is 0 Å². The number of esters is 1. The molecule has 2 aromatic rings. The van der Waals surface area contributed by atoms with E-state index in [9.17, 15) is 4.79 Å². The number of carbonyl (C=O) groups is 1. The summed E-state index contributed by atoms with van der Waals surface area (Å²) in [5.41, 5.74) is 6.86. The predicted molar refractivity (Wildman–Crippen MR) is 86.8 cm³/mol. The minimum absolute atomic E-state index is 0.210. The van der Waals surface area contributed by atoms with Crippen molar-refractivity contribution < 1.29 is 9.53 Å². The number of methoxy groups -OCH3 is 1. The van der Waals surface area contributed by atoms with E-state index in [2.05, 4.69) is 12.1 Å². The van der Waals surface area contributed by atoms with Gasteiger partial charge in [-0.1, -0.05) is 30.3 Å². The summed E-state index contributed by atoms with van der Waals surface area (Å²) in [5, 5.41) is 0. The summed E-state index contributed by atoms with van der Waals surface area (Å²) in [7, 11) is 1.44. The quantitative estimate of drug-likeness (QED) is 0.811. The van der Waals surface area contributed by atoms with Gasteiger partial charge in [0.1, 0.15) is 0 Å². The fraction of sp³-hybridized carbons (Fsp3) is 0.368. The highest BCUT2D eigenvalue weighted by atomic mass is 16.5. The van der Waals surface area contributed by atoms with Gasteiger partial charge in [0.2, 0.25) is 0 Å². The maximum absolute atomic E-state index is 11.8. The van der Waals surface area contributed by atoms with Gasteiger partial charge < -0.3 is 4.74 Å². The van der Waals surface area contributed by atoms with Gasteiger partial charge in [-0.2, -0.15) is 0 Å². The van der Waals surface area contributed by atoms with Crippen LogP contribution < -0.4 is 0 Å². The molecule has 114 valence electrons. The van der Waals surface area contributed by atoms with Crippen LogP contribution in [0.4, 0.5) is 0 Å². The van der Waals surface area contributed by atoms with Crippen molar-refractivity contribution in [2.24, 2.45) is 0 Å². The molecule has 0 radical (unpaired) electrons. The van der Waals surface area contributed by atoms with Gasteiger partial charge in [0.05, 0.1) is 13.5 Å². The van der Waals surface area contributed by atoms with Crippen LogP contribution in [-0.2, 0) is 28.8 Å². The van der Waals surface area contributed by atoms with Crippen molar-refractivity contribution in [3.8, 4) is 11.1 Å². The first-order valence-electron chi connectivity index (χ1n) is 7.84. The second kappa shape index (κ2) is 6.30. The molecule has 0 saturated carbocycles. The standard InChI is InChI=1S/C19H21NO2/c1-13-16(12-18(21)22-2)19(14-8-4-3-5-9-14)15-10-6-7-11-17(15)20-13/h3-5,8-9H,6-7,10-12H2,1-2H3. The molecule has 1 aliphatic carbocycles. The third-order valence-electron chi connectivity index (χ3n) is 4.39. The maximum Gasteiger partial charge on any atom is 0.310 e. The smallest absolute Gasteiger partial charge is 0.310 e. The third-order valence-corrected chi connectivity index (χ3v) is 4.39. The fourth-order valence-electron chi connectivity index (χ4n) is 3.30. The van der Waals surface area contributed by atoms with Gasteiger partial charge in [-0.05, 0) is 54.9 Å². The Morgan fingerprint density at radius 2 is 1.91 bits per heavy atom. The number of ether oxygens (including phenoxy) is 1. The molecule has 0 fully saturated rings. The Morgan fingerprint density at radius 1 is 1.18 bits per heavy atom. The molecular formula is C19H21NO2. The highest BCUT2D eigenvalue weighted by Crippen LogP contribution is 2.35. The Bertz CT molecular complexity index is 692. The number of aromatic nitrogens is 1.